The van der Waals surface area contributed by atoms with Crippen LogP contribution in [-0.4, -0.2) is 61.3 Å². The van der Waals surface area contributed by atoms with E-state index in [1.54, 1.807) is 0 Å². The third kappa shape index (κ3) is 2.78. The number of imidazole rings is 1. The van der Waals surface area contributed by atoms with E-state index in [2.05, 4.69) is 15.5 Å². The fourth-order valence-electron chi connectivity index (χ4n) is 1.88. The zero-order valence-electron chi connectivity index (χ0n) is 10.2. The number of hydrogen-bond donors (Lipinski definition) is 6. The Morgan fingerprint density at radius 1 is 1.50 bits per heavy atom. The largest absolute Gasteiger partial charge is 0.410 e. The van der Waals surface area contributed by atoms with Crippen LogP contribution in [0.4, 0.5) is 11.6 Å². The maximum Gasteiger partial charge on any atom is 0.173 e. The molecule has 0 aromatic carbocycles. The maximum absolute atomic E-state index is 9.85. The van der Waals surface area contributed by atoms with Gasteiger partial charge in [-0.05, 0) is 0 Å². The molecule has 114 valence electrons. The van der Waals surface area contributed by atoms with Gasteiger partial charge in [-0.25, -0.2) is 4.98 Å². The van der Waals surface area contributed by atoms with Crippen LogP contribution in [0.3, 0.4) is 0 Å². The molecule has 4 atom stereocenters. The van der Waals surface area contributed by atoms with Gasteiger partial charge < -0.3 is 36.3 Å². The molecule has 2 heterocycles. The molecule has 0 saturated carbocycles. The van der Waals surface area contributed by atoms with Gasteiger partial charge in [0.1, 0.15) is 31.0 Å². The smallest absolute Gasteiger partial charge is 0.173 e. The molecule has 11 heteroatoms. The van der Waals surface area contributed by atoms with Crippen molar-refractivity contribution in [2.24, 2.45) is 5.16 Å². The molecule has 1 fully saturated rings. The summed E-state index contributed by atoms with van der Waals surface area (Å²) in [5, 5.41) is 42.0. The number of nitrogens with zero attached hydrogens (tertiary/aromatic N) is 3. The van der Waals surface area contributed by atoms with E-state index in [-0.39, 0.29) is 24.0 Å². The summed E-state index contributed by atoms with van der Waals surface area (Å²) in [5.41, 5.74) is 5.78. The van der Waals surface area contributed by atoms with E-state index in [4.69, 9.17) is 20.8 Å². The third-order valence-electron chi connectivity index (χ3n) is 2.88. The molecule has 1 aliphatic heterocycles. The van der Waals surface area contributed by atoms with Crippen LogP contribution in [0.25, 0.3) is 0 Å². The predicted molar refractivity (Wildman–Crippen MR) is 70.8 cm³/mol. The fourth-order valence-corrected chi connectivity index (χ4v) is 1.88. The van der Waals surface area contributed by atoms with Crippen molar-refractivity contribution in [3.05, 3.63) is 6.33 Å². The van der Waals surface area contributed by atoms with Crippen LogP contribution in [0, 0.1) is 0 Å². The quantitative estimate of drug-likeness (QED) is 0.167. The highest BCUT2D eigenvalue weighted by atomic mass is 35.5. The van der Waals surface area contributed by atoms with Crippen molar-refractivity contribution in [2.75, 3.05) is 17.7 Å². The lowest BCUT2D eigenvalue weighted by molar-refractivity contribution is -0.0517. The standard InChI is InChI=1S/C9H15N5O5.ClH/c10-7-8(11-2-13-18)12-3-14(7)9-6(17)5(16)4(1-15)19-9;/h2-6,9,15-18H,1,10H2,(H,11,13);1H/t4-,5-,6-,9-;/m1./s1. The molecule has 1 aromatic heterocycles. The Bertz CT molecular complexity index is 470. The predicted octanol–water partition coefficient (Wildman–Crippen LogP) is -1.67. The second-order valence-electron chi connectivity index (χ2n) is 4.00. The first-order chi connectivity index (χ1) is 9.10. The number of hydrogen-bond acceptors (Lipinski definition) is 8. The average molecular weight is 310 g/mol. The molecule has 7 N–H and O–H groups in total. The molecular formula is C9H16ClN5O5. The Morgan fingerprint density at radius 2 is 2.20 bits per heavy atom. The number of ether oxygens (including phenoxy) is 1. The number of halogens is 1. The Balaban J connectivity index is 0.00000200. The lowest BCUT2D eigenvalue weighted by Crippen LogP contribution is -2.33. The molecular weight excluding hydrogens is 294 g/mol. The molecule has 0 bridgehead atoms. The van der Waals surface area contributed by atoms with Crippen LogP contribution in [0.2, 0.25) is 0 Å². The molecule has 20 heavy (non-hydrogen) atoms. The zero-order chi connectivity index (χ0) is 14.0. The number of aliphatic hydroxyl groups excluding tert-OH is 3. The molecule has 0 radical (unpaired) electrons. The number of aromatic nitrogens is 2. The van der Waals surface area contributed by atoms with Gasteiger partial charge in [-0.15, -0.1) is 12.4 Å². The molecule has 0 amide bonds. The summed E-state index contributed by atoms with van der Waals surface area (Å²) in [4.78, 5) is 3.90. The monoisotopic (exact) mass is 309 g/mol. The lowest BCUT2D eigenvalue weighted by Gasteiger charge is -2.17. The number of nitrogen functional groups attached to an aromatic ring is 1. The van der Waals surface area contributed by atoms with E-state index < -0.39 is 31.1 Å². The Labute approximate surface area is 119 Å². The maximum atomic E-state index is 9.85. The Hall–Kier alpha value is -1.59. The molecule has 10 nitrogen and oxygen atoms in total. The van der Waals surface area contributed by atoms with Gasteiger partial charge in [0, 0.05) is 0 Å². The van der Waals surface area contributed by atoms with E-state index in [9.17, 15) is 10.2 Å². The van der Waals surface area contributed by atoms with Crippen molar-refractivity contribution < 1.29 is 25.3 Å². The van der Waals surface area contributed by atoms with Gasteiger partial charge in [0.25, 0.3) is 0 Å². The van der Waals surface area contributed by atoms with Crippen LogP contribution in [0.15, 0.2) is 11.5 Å². The number of oxime groups is 1. The minimum Gasteiger partial charge on any atom is -0.410 e. The highest BCUT2D eigenvalue weighted by Crippen LogP contribution is 2.32. The minimum absolute atomic E-state index is 0. The number of nitrogens with one attached hydrogen (secondary N) is 1. The summed E-state index contributed by atoms with van der Waals surface area (Å²) in [6.07, 6.45) is -2.04. The van der Waals surface area contributed by atoms with Gasteiger partial charge in [-0.1, -0.05) is 5.16 Å². The van der Waals surface area contributed by atoms with Gasteiger partial charge in [0.2, 0.25) is 0 Å². The molecule has 1 saturated heterocycles. The van der Waals surface area contributed by atoms with Gasteiger partial charge in [0.05, 0.1) is 6.61 Å². The summed E-state index contributed by atoms with van der Waals surface area (Å²) < 4.78 is 6.60. The fraction of sp³-hybridized carbons (Fsp3) is 0.556. The Kier molecular flexibility index (Phi) is 5.53. The summed E-state index contributed by atoms with van der Waals surface area (Å²) in [6, 6.07) is 0. The van der Waals surface area contributed by atoms with Crippen LogP contribution >= 0.6 is 12.4 Å². The highest BCUT2D eigenvalue weighted by molar-refractivity contribution is 5.85. The first kappa shape index (κ1) is 16.5. The van der Waals surface area contributed by atoms with Crippen LogP contribution < -0.4 is 11.1 Å². The lowest BCUT2D eigenvalue weighted by atomic mass is 10.1. The topological polar surface area (TPSA) is 158 Å². The molecule has 0 unspecified atom stereocenters. The normalized spacial score (nSPS) is 29.6. The van der Waals surface area contributed by atoms with Gasteiger partial charge in [-0.2, -0.15) is 0 Å². The van der Waals surface area contributed by atoms with Crippen molar-refractivity contribution in [1.29, 1.82) is 0 Å². The molecule has 0 aliphatic carbocycles. The number of nitrogens with two attached hydrogens (primary N) is 1. The minimum atomic E-state index is -1.24. The van der Waals surface area contributed by atoms with Crippen LogP contribution in [0.1, 0.15) is 6.23 Å². The van der Waals surface area contributed by atoms with Gasteiger partial charge in [-0.3, -0.25) is 4.57 Å². The van der Waals surface area contributed by atoms with E-state index in [0.717, 1.165) is 6.34 Å². The SMILES string of the molecule is Cl.Nc1c(NC=NO)ncn1[C@@H]1O[C@H](CO)[C@@H](O)[C@H]1O. The van der Waals surface area contributed by atoms with Crippen molar-refractivity contribution >= 4 is 30.4 Å². The highest BCUT2D eigenvalue weighted by Gasteiger charge is 2.44. The first-order valence-electron chi connectivity index (χ1n) is 5.47. The summed E-state index contributed by atoms with van der Waals surface area (Å²) in [6.45, 7) is -0.425. The average Bonchev–Trinajstić information content (AvgIpc) is 2.90. The van der Waals surface area contributed by atoms with Crippen LogP contribution in [0.5, 0.6) is 0 Å². The van der Waals surface area contributed by atoms with E-state index in [1.807, 2.05) is 0 Å². The molecule has 1 aromatic rings. The summed E-state index contributed by atoms with van der Waals surface area (Å²) >= 11 is 0. The third-order valence-corrected chi connectivity index (χ3v) is 2.88. The number of rotatable bonds is 4. The second-order valence-corrected chi connectivity index (χ2v) is 4.00. The zero-order valence-corrected chi connectivity index (χ0v) is 11.0. The number of aliphatic hydroxyl groups is 3. The van der Waals surface area contributed by atoms with Crippen LogP contribution in [-0.2, 0) is 4.74 Å². The van der Waals surface area contributed by atoms with E-state index in [0.29, 0.717) is 0 Å². The van der Waals surface area contributed by atoms with Crippen molar-refractivity contribution in [3.8, 4) is 0 Å². The van der Waals surface area contributed by atoms with E-state index in [1.165, 1.54) is 10.9 Å². The summed E-state index contributed by atoms with van der Waals surface area (Å²) in [7, 11) is 0. The molecule has 2 rings (SSSR count). The van der Waals surface area contributed by atoms with Crippen molar-refractivity contribution in [2.45, 2.75) is 24.5 Å². The van der Waals surface area contributed by atoms with Gasteiger partial charge in [0.15, 0.2) is 17.9 Å². The molecule has 1 aliphatic rings. The van der Waals surface area contributed by atoms with Crippen molar-refractivity contribution in [3.63, 3.8) is 0 Å². The second kappa shape index (κ2) is 6.72. The van der Waals surface area contributed by atoms with Gasteiger partial charge >= 0.3 is 0 Å². The summed E-state index contributed by atoms with van der Waals surface area (Å²) in [5.74, 6) is 0.324. The first-order valence-corrected chi connectivity index (χ1v) is 5.47. The van der Waals surface area contributed by atoms with E-state index >= 15 is 0 Å². The number of anilines is 2. The molecule has 0 spiro atoms. The Morgan fingerprint density at radius 3 is 2.75 bits per heavy atom. The van der Waals surface area contributed by atoms with Crippen molar-refractivity contribution in [1.82, 2.24) is 9.55 Å².